The quantitative estimate of drug-likeness (QED) is 0.0320. The van der Waals surface area contributed by atoms with Crippen LogP contribution in [-0.4, -0.2) is 47.4 Å². The van der Waals surface area contributed by atoms with Gasteiger partial charge in [0.15, 0.2) is 0 Å². The number of ether oxygens (including phenoxy) is 1. The summed E-state index contributed by atoms with van der Waals surface area (Å²) in [5.74, 6) is -0.0155. The van der Waals surface area contributed by atoms with Crippen molar-refractivity contribution < 1.29 is 24.5 Å². The van der Waals surface area contributed by atoms with Crippen molar-refractivity contribution in [3.8, 4) is 0 Å². The molecule has 0 aromatic rings. The van der Waals surface area contributed by atoms with Gasteiger partial charge in [-0.15, -0.1) is 0 Å². The highest BCUT2D eigenvalue weighted by atomic mass is 16.5. The monoisotopic (exact) mass is 1170 g/mol. The molecule has 6 nitrogen and oxygen atoms in total. The van der Waals surface area contributed by atoms with Gasteiger partial charge in [0, 0.05) is 12.8 Å². The maximum Gasteiger partial charge on any atom is 0.305 e. The van der Waals surface area contributed by atoms with Crippen LogP contribution in [0.4, 0.5) is 0 Å². The molecule has 0 aliphatic heterocycles. The number of aliphatic hydroxyl groups is 2. The first-order valence-electron chi connectivity index (χ1n) is 38.1. The number of hydrogen-bond acceptors (Lipinski definition) is 5. The molecule has 6 heteroatoms. The Balaban J connectivity index is 3.40. The zero-order chi connectivity index (χ0) is 59.9. The van der Waals surface area contributed by atoms with Crippen molar-refractivity contribution in [1.29, 1.82) is 0 Å². The van der Waals surface area contributed by atoms with Crippen LogP contribution in [0.1, 0.15) is 431 Å². The molecule has 0 aromatic carbocycles. The van der Waals surface area contributed by atoms with Gasteiger partial charge in [-0.1, -0.05) is 385 Å². The second-order valence-corrected chi connectivity index (χ2v) is 26.3. The van der Waals surface area contributed by atoms with Crippen molar-refractivity contribution in [2.24, 2.45) is 0 Å². The molecule has 0 aromatic heterocycles. The summed E-state index contributed by atoms with van der Waals surface area (Å²) in [4.78, 5) is 24.6. The van der Waals surface area contributed by atoms with Crippen LogP contribution in [0.25, 0.3) is 0 Å². The van der Waals surface area contributed by atoms with Crippen molar-refractivity contribution >= 4 is 11.9 Å². The Labute approximate surface area is 520 Å². The second kappa shape index (κ2) is 72.8. The SMILES string of the molecule is CCCCCCCCCCCCCCCCCCCCCCCCCC(O)C(CO)NC(=O)CCCCCCCCCCCCCCC/C=C\C/C=C\CCCCCCCCCCCOC(=O)CCCCCCCCCCCCCCCC. The summed E-state index contributed by atoms with van der Waals surface area (Å²) in [5, 5.41) is 23.5. The van der Waals surface area contributed by atoms with Crippen molar-refractivity contribution in [3.63, 3.8) is 0 Å². The van der Waals surface area contributed by atoms with Gasteiger partial charge in [-0.25, -0.2) is 0 Å². The molecule has 3 N–H and O–H groups in total. The van der Waals surface area contributed by atoms with E-state index in [0.717, 1.165) is 44.9 Å². The average Bonchev–Trinajstić information content (AvgIpc) is 3.48. The van der Waals surface area contributed by atoms with Gasteiger partial charge in [0.2, 0.25) is 5.91 Å². The fraction of sp³-hybridized carbons (Fsp3) is 0.922. The first kappa shape index (κ1) is 81.3. The number of unbranched alkanes of at least 4 members (excludes halogenated alkanes) is 57. The molecule has 0 saturated heterocycles. The molecule has 2 atom stereocenters. The lowest BCUT2D eigenvalue weighted by molar-refractivity contribution is -0.143. The molecule has 0 aliphatic carbocycles. The highest BCUT2D eigenvalue weighted by molar-refractivity contribution is 5.76. The zero-order valence-corrected chi connectivity index (χ0v) is 56.5. The summed E-state index contributed by atoms with van der Waals surface area (Å²) in [5.41, 5.74) is 0. The Kier molecular flexibility index (Phi) is 71.4. The lowest BCUT2D eigenvalue weighted by Gasteiger charge is -2.22. The van der Waals surface area contributed by atoms with E-state index in [-0.39, 0.29) is 18.5 Å². The van der Waals surface area contributed by atoms with Crippen molar-refractivity contribution in [2.45, 2.75) is 443 Å². The normalized spacial score (nSPS) is 12.6. The van der Waals surface area contributed by atoms with Gasteiger partial charge in [-0.2, -0.15) is 0 Å². The molecule has 0 heterocycles. The minimum absolute atomic E-state index is 0.0153. The molecule has 0 radical (unpaired) electrons. The topological polar surface area (TPSA) is 95.9 Å². The molecule has 0 spiro atoms. The van der Waals surface area contributed by atoms with Gasteiger partial charge in [0.05, 0.1) is 25.4 Å². The van der Waals surface area contributed by atoms with Crippen molar-refractivity contribution in [3.05, 3.63) is 24.3 Å². The van der Waals surface area contributed by atoms with Gasteiger partial charge in [0.1, 0.15) is 0 Å². The number of hydrogen-bond donors (Lipinski definition) is 3. The van der Waals surface area contributed by atoms with Gasteiger partial charge >= 0.3 is 5.97 Å². The van der Waals surface area contributed by atoms with E-state index < -0.39 is 12.1 Å². The predicted molar refractivity (Wildman–Crippen MR) is 366 cm³/mol. The fourth-order valence-corrected chi connectivity index (χ4v) is 12.2. The molecule has 0 bridgehead atoms. The van der Waals surface area contributed by atoms with Gasteiger partial charge in [-0.3, -0.25) is 9.59 Å². The van der Waals surface area contributed by atoms with Crippen LogP contribution in [0.2, 0.25) is 0 Å². The molecule has 0 aliphatic rings. The predicted octanol–water partition coefficient (Wildman–Crippen LogP) is 24.9. The summed E-state index contributed by atoms with van der Waals surface area (Å²) in [7, 11) is 0. The summed E-state index contributed by atoms with van der Waals surface area (Å²) in [6.07, 6.45) is 92.5. The lowest BCUT2D eigenvalue weighted by Crippen LogP contribution is -2.45. The number of esters is 1. The van der Waals surface area contributed by atoms with E-state index in [2.05, 4.69) is 43.5 Å². The highest BCUT2D eigenvalue weighted by Gasteiger charge is 2.20. The van der Waals surface area contributed by atoms with Gasteiger partial charge in [0.25, 0.3) is 0 Å². The molecular weight excluding hydrogens is 1020 g/mol. The molecule has 0 fully saturated rings. The number of amides is 1. The lowest BCUT2D eigenvalue weighted by atomic mass is 10.0. The summed E-state index contributed by atoms with van der Waals surface area (Å²) in [6.45, 7) is 5.00. The summed E-state index contributed by atoms with van der Waals surface area (Å²) >= 11 is 0. The van der Waals surface area contributed by atoms with E-state index in [0.29, 0.717) is 25.9 Å². The smallest absolute Gasteiger partial charge is 0.305 e. The maximum absolute atomic E-state index is 12.6. The molecular formula is C77H149NO5. The molecule has 0 saturated carbocycles. The third-order valence-corrected chi connectivity index (χ3v) is 18.0. The molecule has 83 heavy (non-hydrogen) atoms. The maximum atomic E-state index is 12.6. The van der Waals surface area contributed by atoms with Crippen LogP contribution < -0.4 is 5.32 Å². The first-order valence-corrected chi connectivity index (χ1v) is 38.1. The standard InChI is InChI=1S/C77H149NO5/c1-3-5-7-9-11-13-15-17-19-20-21-22-30-33-36-39-42-45-49-53-57-61-65-69-75(80)74(73-79)78-76(81)70-66-62-58-54-50-46-43-40-37-34-31-28-26-24-23-25-27-29-32-35-38-41-44-48-52-56-60-64-68-72-83-77(82)71-67-63-59-55-51-47-18-16-14-12-10-8-6-4-2/h23,25,29,32,74-75,79-80H,3-22,24,26-28,30-31,33-73H2,1-2H3,(H,78,81)/b25-23-,32-29-. The minimum Gasteiger partial charge on any atom is -0.466 e. The van der Waals surface area contributed by atoms with Crippen LogP contribution in [0.3, 0.4) is 0 Å². The van der Waals surface area contributed by atoms with E-state index >= 15 is 0 Å². The van der Waals surface area contributed by atoms with Crippen molar-refractivity contribution in [1.82, 2.24) is 5.32 Å². The summed E-state index contributed by atoms with van der Waals surface area (Å²) in [6, 6.07) is -0.544. The Hall–Kier alpha value is -1.66. The Morgan fingerprint density at radius 3 is 0.916 bits per heavy atom. The third-order valence-electron chi connectivity index (χ3n) is 18.0. The second-order valence-electron chi connectivity index (χ2n) is 26.3. The van der Waals surface area contributed by atoms with Crippen LogP contribution in [0.5, 0.6) is 0 Å². The van der Waals surface area contributed by atoms with E-state index in [1.165, 1.54) is 353 Å². The fourth-order valence-electron chi connectivity index (χ4n) is 12.2. The number of nitrogens with one attached hydrogen (secondary N) is 1. The van der Waals surface area contributed by atoms with Crippen LogP contribution in [0.15, 0.2) is 24.3 Å². The highest BCUT2D eigenvalue weighted by Crippen LogP contribution is 2.20. The van der Waals surface area contributed by atoms with Crippen LogP contribution in [0, 0.1) is 0 Å². The zero-order valence-electron chi connectivity index (χ0n) is 56.5. The van der Waals surface area contributed by atoms with E-state index in [1.54, 1.807) is 0 Å². The van der Waals surface area contributed by atoms with E-state index in [4.69, 9.17) is 4.74 Å². The summed E-state index contributed by atoms with van der Waals surface area (Å²) < 4.78 is 5.49. The molecule has 2 unspecified atom stereocenters. The first-order chi connectivity index (χ1) is 41.0. The van der Waals surface area contributed by atoms with Crippen molar-refractivity contribution in [2.75, 3.05) is 13.2 Å². The molecule has 0 rings (SSSR count). The number of aliphatic hydroxyl groups excluding tert-OH is 2. The number of carbonyl (C=O) groups is 2. The van der Waals surface area contributed by atoms with Gasteiger partial charge < -0.3 is 20.3 Å². The largest absolute Gasteiger partial charge is 0.466 e. The van der Waals surface area contributed by atoms with Crippen LogP contribution >= 0.6 is 0 Å². The third kappa shape index (κ3) is 69.3. The number of carbonyl (C=O) groups excluding carboxylic acids is 2. The average molecular weight is 1170 g/mol. The molecule has 492 valence electrons. The van der Waals surface area contributed by atoms with E-state index in [9.17, 15) is 19.8 Å². The van der Waals surface area contributed by atoms with Crippen LogP contribution in [-0.2, 0) is 14.3 Å². The van der Waals surface area contributed by atoms with E-state index in [1.807, 2.05) is 0 Å². The number of rotatable bonds is 72. The Bertz CT molecular complexity index is 1300. The number of allylic oxidation sites excluding steroid dienone is 4. The molecule has 1 amide bonds. The Morgan fingerprint density at radius 2 is 0.602 bits per heavy atom. The Morgan fingerprint density at radius 1 is 0.337 bits per heavy atom. The van der Waals surface area contributed by atoms with Gasteiger partial charge in [-0.05, 0) is 57.8 Å². The minimum atomic E-state index is -0.666.